The summed E-state index contributed by atoms with van der Waals surface area (Å²) in [5, 5.41) is 19.1. The zero-order valence-corrected chi connectivity index (χ0v) is 11.1. The number of carboxylic acid groups (broad SMARTS) is 2. The van der Waals surface area contributed by atoms with E-state index in [-0.39, 0.29) is 17.8 Å². The van der Waals surface area contributed by atoms with E-state index < -0.39 is 17.4 Å². The van der Waals surface area contributed by atoms with Gasteiger partial charge in [0.2, 0.25) is 0 Å². The first kappa shape index (κ1) is 13.4. The van der Waals surface area contributed by atoms with Crippen molar-refractivity contribution >= 4 is 11.9 Å². The average molecular weight is 254 g/mol. The first-order chi connectivity index (χ1) is 8.40. The van der Waals surface area contributed by atoms with Crippen LogP contribution in [0.1, 0.15) is 46.0 Å². The molecule has 2 N–H and O–H groups in total. The van der Waals surface area contributed by atoms with Gasteiger partial charge >= 0.3 is 11.9 Å². The van der Waals surface area contributed by atoms with Crippen LogP contribution in [0.5, 0.6) is 0 Å². The molecule has 2 aliphatic carbocycles. The van der Waals surface area contributed by atoms with Crippen molar-refractivity contribution in [2.45, 2.75) is 46.0 Å². The molecule has 2 aliphatic rings. The summed E-state index contributed by atoms with van der Waals surface area (Å²) >= 11 is 0. The van der Waals surface area contributed by atoms with Crippen LogP contribution in [-0.2, 0) is 9.59 Å². The molecule has 4 nitrogen and oxygen atoms in total. The first-order valence-corrected chi connectivity index (χ1v) is 6.87. The van der Waals surface area contributed by atoms with Crippen LogP contribution in [0.15, 0.2) is 0 Å². The third-order valence-electron chi connectivity index (χ3n) is 5.30. The molecule has 0 spiro atoms. The zero-order chi connectivity index (χ0) is 13.5. The molecule has 0 bridgehead atoms. The number of carboxylic acids is 2. The molecule has 0 saturated heterocycles. The number of hydrogen-bond acceptors (Lipinski definition) is 2. The molecule has 4 atom stereocenters. The molecule has 0 aromatic carbocycles. The predicted molar refractivity (Wildman–Crippen MR) is 66.1 cm³/mol. The summed E-state index contributed by atoms with van der Waals surface area (Å²) in [5.74, 6) is -2.02. The van der Waals surface area contributed by atoms with Crippen LogP contribution in [0.4, 0.5) is 0 Å². The highest BCUT2D eigenvalue weighted by atomic mass is 16.4. The smallest absolute Gasteiger partial charge is 0.321 e. The Morgan fingerprint density at radius 1 is 1.00 bits per heavy atom. The van der Waals surface area contributed by atoms with Crippen molar-refractivity contribution in [2.75, 3.05) is 0 Å². The van der Waals surface area contributed by atoms with Crippen molar-refractivity contribution in [1.29, 1.82) is 0 Å². The highest BCUT2D eigenvalue weighted by molar-refractivity contribution is 5.99. The lowest BCUT2D eigenvalue weighted by atomic mass is 9.52. The van der Waals surface area contributed by atoms with E-state index in [9.17, 15) is 19.8 Å². The first-order valence-electron chi connectivity index (χ1n) is 6.87. The van der Waals surface area contributed by atoms with E-state index in [0.717, 1.165) is 25.7 Å². The third kappa shape index (κ3) is 1.73. The van der Waals surface area contributed by atoms with Gasteiger partial charge in [-0.05, 0) is 49.4 Å². The van der Waals surface area contributed by atoms with Crippen LogP contribution in [-0.4, -0.2) is 22.2 Å². The molecule has 102 valence electrons. The quantitative estimate of drug-likeness (QED) is 0.743. The van der Waals surface area contributed by atoms with Crippen LogP contribution >= 0.6 is 0 Å². The molecule has 2 rings (SSSR count). The lowest BCUT2D eigenvalue weighted by Crippen LogP contribution is -2.56. The van der Waals surface area contributed by atoms with E-state index in [1.807, 2.05) is 0 Å². The standard InChI is InChI=1S/C14H22O4/c1-8-3-5-10-6-4-9(2)14(12(15)16,13(17)18)11(10)7-8/h8-11H,3-7H2,1-2H3,(H,15,16)(H,17,18). The minimum Gasteiger partial charge on any atom is -0.480 e. The number of aliphatic carboxylic acids is 2. The van der Waals surface area contributed by atoms with Crippen molar-refractivity contribution in [3.8, 4) is 0 Å². The second-order valence-corrected chi connectivity index (χ2v) is 6.24. The summed E-state index contributed by atoms with van der Waals surface area (Å²) in [6, 6.07) is 0. The van der Waals surface area contributed by atoms with Gasteiger partial charge in [-0.3, -0.25) is 9.59 Å². The van der Waals surface area contributed by atoms with Crippen molar-refractivity contribution in [2.24, 2.45) is 29.1 Å². The second kappa shape index (κ2) is 4.56. The van der Waals surface area contributed by atoms with Crippen LogP contribution in [0.2, 0.25) is 0 Å². The van der Waals surface area contributed by atoms with Crippen molar-refractivity contribution in [3.63, 3.8) is 0 Å². The van der Waals surface area contributed by atoms with Crippen molar-refractivity contribution in [1.82, 2.24) is 0 Å². The highest BCUT2D eigenvalue weighted by Crippen LogP contribution is 2.55. The summed E-state index contributed by atoms with van der Waals surface area (Å²) in [6.07, 6.45) is 4.54. The van der Waals surface area contributed by atoms with Gasteiger partial charge in [0.25, 0.3) is 0 Å². The lowest BCUT2D eigenvalue weighted by Gasteiger charge is -2.50. The largest absolute Gasteiger partial charge is 0.480 e. The maximum Gasteiger partial charge on any atom is 0.321 e. The summed E-state index contributed by atoms with van der Waals surface area (Å²) in [7, 11) is 0. The molecular formula is C14H22O4. The van der Waals surface area contributed by atoms with Gasteiger partial charge in [-0.15, -0.1) is 0 Å². The van der Waals surface area contributed by atoms with Crippen LogP contribution in [0.25, 0.3) is 0 Å². The molecule has 4 heteroatoms. The summed E-state index contributed by atoms with van der Waals surface area (Å²) in [4.78, 5) is 23.4. The van der Waals surface area contributed by atoms with Crippen LogP contribution < -0.4 is 0 Å². The van der Waals surface area contributed by atoms with Gasteiger partial charge in [-0.2, -0.15) is 0 Å². The number of hydrogen-bond donors (Lipinski definition) is 2. The normalized spacial score (nSPS) is 38.8. The maximum absolute atomic E-state index is 11.7. The molecule has 18 heavy (non-hydrogen) atoms. The monoisotopic (exact) mass is 254 g/mol. The Kier molecular flexibility index (Phi) is 3.39. The molecule has 2 saturated carbocycles. The Morgan fingerprint density at radius 3 is 2.11 bits per heavy atom. The molecule has 0 radical (unpaired) electrons. The number of carbonyl (C=O) groups is 2. The molecule has 0 aromatic rings. The van der Waals surface area contributed by atoms with Crippen molar-refractivity contribution in [3.05, 3.63) is 0 Å². The molecule has 0 aromatic heterocycles. The molecule has 0 aliphatic heterocycles. The van der Waals surface area contributed by atoms with Gasteiger partial charge in [0.05, 0.1) is 0 Å². The fourth-order valence-corrected chi connectivity index (χ4v) is 4.23. The van der Waals surface area contributed by atoms with Gasteiger partial charge in [-0.25, -0.2) is 0 Å². The molecule has 0 heterocycles. The maximum atomic E-state index is 11.7. The predicted octanol–water partition coefficient (Wildman–Crippen LogP) is 2.62. The third-order valence-corrected chi connectivity index (χ3v) is 5.30. The molecule has 4 unspecified atom stereocenters. The van der Waals surface area contributed by atoms with E-state index in [0.29, 0.717) is 12.3 Å². The number of rotatable bonds is 2. The SMILES string of the molecule is CC1CCC2CCC(C)C(C(=O)O)(C(=O)O)C2C1. The number of fused-ring (bicyclic) bond motifs is 1. The molecule has 2 fully saturated rings. The summed E-state index contributed by atoms with van der Waals surface area (Å²) < 4.78 is 0. The van der Waals surface area contributed by atoms with Gasteiger partial charge < -0.3 is 10.2 Å². The van der Waals surface area contributed by atoms with E-state index in [1.165, 1.54) is 0 Å². The van der Waals surface area contributed by atoms with Crippen LogP contribution in [0, 0.1) is 29.1 Å². The van der Waals surface area contributed by atoms with Gasteiger partial charge in [0.15, 0.2) is 5.41 Å². The average Bonchev–Trinajstić information content (AvgIpc) is 2.27. The van der Waals surface area contributed by atoms with Crippen molar-refractivity contribution < 1.29 is 19.8 Å². The van der Waals surface area contributed by atoms with E-state index in [1.54, 1.807) is 6.92 Å². The minimum absolute atomic E-state index is 0.194. The van der Waals surface area contributed by atoms with Gasteiger partial charge in [-0.1, -0.05) is 20.3 Å². The van der Waals surface area contributed by atoms with Gasteiger partial charge in [0, 0.05) is 0 Å². The summed E-state index contributed by atoms with van der Waals surface area (Å²) in [5.41, 5.74) is -1.56. The van der Waals surface area contributed by atoms with Crippen LogP contribution in [0.3, 0.4) is 0 Å². The molecule has 0 amide bonds. The minimum atomic E-state index is -1.56. The zero-order valence-electron chi connectivity index (χ0n) is 11.1. The van der Waals surface area contributed by atoms with Gasteiger partial charge in [0.1, 0.15) is 0 Å². The van der Waals surface area contributed by atoms with E-state index in [4.69, 9.17) is 0 Å². The second-order valence-electron chi connectivity index (χ2n) is 6.24. The fourth-order valence-electron chi connectivity index (χ4n) is 4.23. The highest BCUT2D eigenvalue weighted by Gasteiger charge is 2.61. The molecular weight excluding hydrogens is 232 g/mol. The Morgan fingerprint density at radius 2 is 1.56 bits per heavy atom. The lowest BCUT2D eigenvalue weighted by molar-refractivity contribution is -0.183. The fraction of sp³-hybridized carbons (Fsp3) is 0.857. The topological polar surface area (TPSA) is 74.6 Å². The Hall–Kier alpha value is -1.06. The Labute approximate surface area is 107 Å². The van der Waals surface area contributed by atoms with E-state index >= 15 is 0 Å². The summed E-state index contributed by atoms with van der Waals surface area (Å²) in [6.45, 7) is 3.89. The Bertz CT molecular complexity index is 347. The Balaban J connectivity index is 2.44. The van der Waals surface area contributed by atoms with E-state index in [2.05, 4.69) is 6.92 Å².